The van der Waals surface area contributed by atoms with E-state index in [1.807, 2.05) is 0 Å². The number of amides is 1. The molecular formula is C9H18FN3O. The van der Waals surface area contributed by atoms with Crippen molar-refractivity contribution < 1.29 is 12.0 Å². The van der Waals surface area contributed by atoms with Gasteiger partial charge in [0.1, 0.15) is 11.6 Å². The summed E-state index contributed by atoms with van der Waals surface area (Å²) in [6.45, 7) is 3.53. The normalized spacial score (nSPS) is 9.14. The first-order chi connectivity index (χ1) is 6.43. The summed E-state index contributed by atoms with van der Waals surface area (Å²) in [6, 6.07) is 2.68. The maximum atomic E-state index is 12.0. The third-order valence-corrected chi connectivity index (χ3v) is 1.32. The van der Waals surface area contributed by atoms with E-state index >= 15 is 0 Å². The number of halogens is 1. The van der Waals surface area contributed by atoms with E-state index in [1.54, 1.807) is 13.8 Å². The molecule has 4 N–H and O–H groups in total. The van der Waals surface area contributed by atoms with Crippen LogP contribution in [0.3, 0.4) is 0 Å². The highest BCUT2D eigenvalue weighted by Gasteiger charge is 1.96. The minimum Gasteiger partial charge on any atom is -0.384 e. The monoisotopic (exact) mass is 203 g/mol. The van der Waals surface area contributed by atoms with E-state index in [2.05, 4.69) is 4.98 Å². The van der Waals surface area contributed by atoms with Crippen molar-refractivity contribution in [2.24, 2.45) is 11.7 Å². The number of rotatable bonds is 1. The molecule has 0 aliphatic carbocycles. The Bertz CT molecular complexity index is 272. The highest BCUT2D eigenvalue weighted by Crippen LogP contribution is 1.96. The lowest BCUT2D eigenvalue weighted by molar-refractivity contribution is -0.120. The molecule has 0 bridgehead atoms. The van der Waals surface area contributed by atoms with Crippen molar-refractivity contribution >= 4 is 11.7 Å². The van der Waals surface area contributed by atoms with Crippen LogP contribution in [0.5, 0.6) is 0 Å². The van der Waals surface area contributed by atoms with Crippen molar-refractivity contribution in [1.29, 1.82) is 0 Å². The molecule has 1 aromatic rings. The molecule has 0 aliphatic heterocycles. The lowest BCUT2D eigenvalue weighted by Gasteiger charge is -1.90. The molecule has 0 unspecified atom stereocenters. The first-order valence-electron chi connectivity index (χ1n) is 4.09. The van der Waals surface area contributed by atoms with Crippen LogP contribution >= 0.6 is 0 Å². The molecule has 82 valence electrons. The lowest BCUT2D eigenvalue weighted by atomic mass is 10.2. The molecular weight excluding hydrogens is 185 g/mol. The smallest absolute Gasteiger partial charge is 0.219 e. The van der Waals surface area contributed by atoms with E-state index in [-0.39, 0.29) is 20.5 Å². The number of carbonyl (C=O) groups is 1. The zero-order valence-corrected chi connectivity index (χ0v) is 8.20. The largest absolute Gasteiger partial charge is 0.384 e. The van der Waals surface area contributed by atoms with Crippen LogP contribution in [-0.2, 0) is 4.79 Å². The summed E-state index contributed by atoms with van der Waals surface area (Å²) in [7, 11) is 0. The van der Waals surface area contributed by atoms with Crippen molar-refractivity contribution in [1.82, 2.24) is 4.98 Å². The SMILES string of the molecule is CC(C)C(N)=O.Nc1ccc(F)cn1.[HH].[HH]. The second-order valence-corrected chi connectivity index (χ2v) is 2.96. The predicted octanol–water partition coefficient (Wildman–Crippen LogP) is 1.42. The maximum Gasteiger partial charge on any atom is 0.219 e. The summed E-state index contributed by atoms with van der Waals surface area (Å²) in [5.41, 5.74) is 9.95. The fraction of sp³-hybridized carbons (Fsp3) is 0.333. The molecule has 0 aliphatic rings. The fourth-order valence-corrected chi connectivity index (χ4v) is 0.387. The summed E-state index contributed by atoms with van der Waals surface area (Å²) >= 11 is 0. The third-order valence-electron chi connectivity index (χ3n) is 1.32. The highest BCUT2D eigenvalue weighted by molar-refractivity contribution is 5.75. The summed E-state index contributed by atoms with van der Waals surface area (Å²) in [5, 5.41) is 0. The Balaban J connectivity index is -0.000000195. The molecule has 1 amide bonds. The van der Waals surface area contributed by atoms with Crippen LogP contribution in [-0.4, -0.2) is 10.9 Å². The molecule has 0 fully saturated rings. The zero-order valence-electron chi connectivity index (χ0n) is 8.20. The van der Waals surface area contributed by atoms with Crippen molar-refractivity contribution in [3.05, 3.63) is 24.1 Å². The van der Waals surface area contributed by atoms with Gasteiger partial charge in [0, 0.05) is 8.77 Å². The van der Waals surface area contributed by atoms with Gasteiger partial charge in [-0.15, -0.1) is 0 Å². The number of aromatic nitrogens is 1. The molecule has 0 saturated carbocycles. The summed E-state index contributed by atoms with van der Waals surface area (Å²) in [4.78, 5) is 13.4. The number of nitrogens with two attached hydrogens (primary N) is 2. The first-order valence-corrected chi connectivity index (χ1v) is 4.09. The van der Waals surface area contributed by atoms with E-state index in [9.17, 15) is 9.18 Å². The molecule has 1 heterocycles. The number of primary amides is 1. The molecule has 1 aromatic heterocycles. The molecule has 4 nitrogen and oxygen atoms in total. The Hall–Kier alpha value is -1.65. The maximum absolute atomic E-state index is 12.0. The minimum absolute atomic E-state index is 0. The summed E-state index contributed by atoms with van der Waals surface area (Å²) in [5.74, 6) is -0.273. The highest BCUT2D eigenvalue weighted by atomic mass is 19.1. The molecule has 0 saturated heterocycles. The third kappa shape index (κ3) is 5.93. The van der Waals surface area contributed by atoms with Gasteiger partial charge >= 0.3 is 0 Å². The number of hydrogen-bond donors (Lipinski definition) is 2. The Kier molecular flexibility index (Phi) is 5.21. The van der Waals surface area contributed by atoms with Gasteiger partial charge < -0.3 is 11.5 Å². The van der Waals surface area contributed by atoms with Gasteiger partial charge in [0.15, 0.2) is 0 Å². The average molecular weight is 203 g/mol. The van der Waals surface area contributed by atoms with Gasteiger partial charge in [0.2, 0.25) is 5.91 Å². The second kappa shape index (κ2) is 5.90. The number of carbonyl (C=O) groups excluding carboxylic acids is 1. The Labute approximate surface area is 85.1 Å². The van der Waals surface area contributed by atoms with Crippen LogP contribution in [0.2, 0.25) is 0 Å². The minimum atomic E-state index is -0.362. The Morgan fingerprint density at radius 2 is 2.07 bits per heavy atom. The van der Waals surface area contributed by atoms with Crippen LogP contribution in [0.15, 0.2) is 18.3 Å². The molecule has 0 radical (unpaired) electrons. The van der Waals surface area contributed by atoms with Gasteiger partial charge in [-0.1, -0.05) is 13.8 Å². The quantitative estimate of drug-likeness (QED) is 0.724. The standard InChI is InChI=1S/C5H5FN2.C4H9NO.2H2/c6-4-1-2-5(7)8-3-4;1-3(2)4(5)6;;/h1-3H,(H2,7,8);3H,1-2H3,(H2,5,6);2*1H. The van der Waals surface area contributed by atoms with Gasteiger partial charge in [-0.3, -0.25) is 4.79 Å². The lowest BCUT2D eigenvalue weighted by Crippen LogP contribution is -2.17. The van der Waals surface area contributed by atoms with Gasteiger partial charge in [-0.2, -0.15) is 0 Å². The molecule has 14 heavy (non-hydrogen) atoms. The summed E-state index contributed by atoms with van der Waals surface area (Å²) in [6.07, 6.45) is 1.08. The Morgan fingerprint density at radius 3 is 2.29 bits per heavy atom. The van der Waals surface area contributed by atoms with E-state index in [4.69, 9.17) is 11.5 Å². The van der Waals surface area contributed by atoms with Crippen molar-refractivity contribution in [3.8, 4) is 0 Å². The van der Waals surface area contributed by atoms with Gasteiger partial charge in [0.25, 0.3) is 0 Å². The van der Waals surface area contributed by atoms with E-state index in [0.717, 1.165) is 6.20 Å². The number of anilines is 1. The van der Waals surface area contributed by atoms with Crippen LogP contribution in [0.4, 0.5) is 10.2 Å². The van der Waals surface area contributed by atoms with Crippen LogP contribution in [0, 0.1) is 11.7 Å². The summed E-state index contributed by atoms with van der Waals surface area (Å²) < 4.78 is 12.0. The zero-order chi connectivity index (χ0) is 11.1. The van der Waals surface area contributed by atoms with Crippen LogP contribution < -0.4 is 11.5 Å². The number of nitrogens with zero attached hydrogens (tertiary/aromatic N) is 1. The number of nitrogen functional groups attached to an aromatic ring is 1. The number of hydrogen-bond acceptors (Lipinski definition) is 3. The molecule has 0 atom stereocenters. The van der Waals surface area contributed by atoms with Crippen molar-refractivity contribution in [2.45, 2.75) is 13.8 Å². The number of pyridine rings is 1. The topological polar surface area (TPSA) is 82.0 Å². The van der Waals surface area contributed by atoms with Gasteiger partial charge in [-0.05, 0) is 12.1 Å². The average Bonchev–Trinajstić information content (AvgIpc) is 2.11. The van der Waals surface area contributed by atoms with Crippen LogP contribution in [0.1, 0.15) is 16.7 Å². The van der Waals surface area contributed by atoms with E-state index in [1.165, 1.54) is 12.1 Å². The van der Waals surface area contributed by atoms with Crippen molar-refractivity contribution in [2.75, 3.05) is 5.73 Å². The molecule has 0 aromatic carbocycles. The first kappa shape index (κ1) is 12.3. The molecule has 1 rings (SSSR count). The fourth-order valence-electron chi connectivity index (χ4n) is 0.387. The molecule has 0 spiro atoms. The second-order valence-electron chi connectivity index (χ2n) is 2.96. The van der Waals surface area contributed by atoms with Crippen LogP contribution in [0.25, 0.3) is 0 Å². The van der Waals surface area contributed by atoms with E-state index < -0.39 is 0 Å². The van der Waals surface area contributed by atoms with Gasteiger partial charge in [-0.25, -0.2) is 9.37 Å². The molecule has 5 heteroatoms. The predicted molar refractivity (Wildman–Crippen MR) is 56.9 cm³/mol. The Morgan fingerprint density at radius 1 is 1.57 bits per heavy atom. The van der Waals surface area contributed by atoms with Gasteiger partial charge in [0.05, 0.1) is 6.20 Å². The van der Waals surface area contributed by atoms with Crippen molar-refractivity contribution in [3.63, 3.8) is 0 Å². The van der Waals surface area contributed by atoms with E-state index in [0.29, 0.717) is 5.82 Å².